The molecule has 25 heavy (non-hydrogen) atoms. The van der Waals surface area contributed by atoms with Crippen LogP contribution in [-0.2, 0) is 6.54 Å². The molecule has 0 spiro atoms. The van der Waals surface area contributed by atoms with E-state index in [9.17, 15) is 4.79 Å². The van der Waals surface area contributed by atoms with Gasteiger partial charge in [0.1, 0.15) is 18.0 Å². The van der Waals surface area contributed by atoms with Crippen LogP contribution in [0.5, 0.6) is 5.75 Å². The molecule has 0 saturated carbocycles. The van der Waals surface area contributed by atoms with Gasteiger partial charge in [-0.1, -0.05) is 12.1 Å². The standard InChI is InChI=1S/C20H23N3O2/c1-15-10-16(2)12-18(11-15)25-9-8-22(3)14-17-13-20(24)23-7-5-4-6-19(23)21-17/h4-7,10-13H,8-9,14H2,1-3H3. The van der Waals surface area contributed by atoms with E-state index in [0.717, 1.165) is 18.0 Å². The molecule has 0 amide bonds. The zero-order valence-corrected chi connectivity index (χ0v) is 14.9. The number of rotatable bonds is 6. The van der Waals surface area contributed by atoms with Crippen molar-refractivity contribution in [3.63, 3.8) is 0 Å². The lowest BCUT2D eigenvalue weighted by Gasteiger charge is -2.17. The Balaban J connectivity index is 1.59. The molecule has 0 fully saturated rings. The minimum atomic E-state index is -0.0551. The number of benzene rings is 1. The molecule has 2 heterocycles. The summed E-state index contributed by atoms with van der Waals surface area (Å²) in [5, 5.41) is 0. The number of pyridine rings is 1. The molecule has 0 saturated heterocycles. The highest BCUT2D eigenvalue weighted by atomic mass is 16.5. The van der Waals surface area contributed by atoms with Gasteiger partial charge in [-0.3, -0.25) is 14.1 Å². The maximum Gasteiger partial charge on any atom is 0.258 e. The summed E-state index contributed by atoms with van der Waals surface area (Å²) in [5.41, 5.74) is 3.78. The summed E-state index contributed by atoms with van der Waals surface area (Å²) >= 11 is 0. The van der Waals surface area contributed by atoms with E-state index in [1.54, 1.807) is 16.7 Å². The maximum absolute atomic E-state index is 12.1. The number of hydrogen-bond acceptors (Lipinski definition) is 4. The van der Waals surface area contributed by atoms with Gasteiger partial charge in [-0.25, -0.2) is 4.98 Å². The Labute approximate surface area is 147 Å². The molecule has 0 aliphatic heterocycles. The van der Waals surface area contributed by atoms with E-state index < -0.39 is 0 Å². The highest BCUT2D eigenvalue weighted by molar-refractivity contribution is 5.38. The van der Waals surface area contributed by atoms with Crippen LogP contribution in [0.4, 0.5) is 0 Å². The van der Waals surface area contributed by atoms with E-state index in [-0.39, 0.29) is 5.56 Å². The number of ether oxygens (including phenoxy) is 1. The zero-order chi connectivity index (χ0) is 17.8. The Morgan fingerprint density at radius 2 is 1.88 bits per heavy atom. The summed E-state index contributed by atoms with van der Waals surface area (Å²) in [4.78, 5) is 18.8. The van der Waals surface area contributed by atoms with Gasteiger partial charge in [0.25, 0.3) is 5.56 Å². The fourth-order valence-corrected chi connectivity index (χ4v) is 2.88. The first-order chi connectivity index (χ1) is 12.0. The van der Waals surface area contributed by atoms with Crippen LogP contribution in [0.1, 0.15) is 16.8 Å². The molecule has 0 unspecified atom stereocenters. The van der Waals surface area contributed by atoms with Gasteiger partial charge in [0.15, 0.2) is 0 Å². The average molecular weight is 337 g/mol. The van der Waals surface area contributed by atoms with Gasteiger partial charge in [-0.05, 0) is 56.3 Å². The molecule has 5 nitrogen and oxygen atoms in total. The first-order valence-electron chi connectivity index (χ1n) is 8.38. The van der Waals surface area contributed by atoms with Gasteiger partial charge in [0.05, 0.1) is 5.69 Å². The third kappa shape index (κ3) is 4.45. The smallest absolute Gasteiger partial charge is 0.258 e. The molecular weight excluding hydrogens is 314 g/mol. The lowest BCUT2D eigenvalue weighted by atomic mass is 10.1. The maximum atomic E-state index is 12.1. The molecule has 3 aromatic rings. The Morgan fingerprint density at radius 3 is 2.64 bits per heavy atom. The predicted molar refractivity (Wildman–Crippen MR) is 99.2 cm³/mol. The molecule has 2 aromatic heterocycles. The van der Waals surface area contributed by atoms with Crippen LogP contribution in [0.15, 0.2) is 53.5 Å². The van der Waals surface area contributed by atoms with Crippen LogP contribution in [-0.4, -0.2) is 34.5 Å². The fraction of sp³-hybridized carbons (Fsp3) is 0.300. The van der Waals surface area contributed by atoms with Crippen LogP contribution in [0.2, 0.25) is 0 Å². The summed E-state index contributed by atoms with van der Waals surface area (Å²) in [6.07, 6.45) is 1.73. The van der Waals surface area contributed by atoms with Crippen molar-refractivity contribution in [1.29, 1.82) is 0 Å². The summed E-state index contributed by atoms with van der Waals surface area (Å²) in [6.45, 7) is 6.08. The van der Waals surface area contributed by atoms with E-state index in [4.69, 9.17) is 4.74 Å². The third-order valence-corrected chi connectivity index (χ3v) is 3.99. The Hall–Kier alpha value is -2.66. The van der Waals surface area contributed by atoms with Crippen molar-refractivity contribution >= 4 is 5.65 Å². The first-order valence-corrected chi connectivity index (χ1v) is 8.38. The Bertz CT molecular complexity index is 913. The van der Waals surface area contributed by atoms with E-state index in [1.807, 2.05) is 37.4 Å². The monoisotopic (exact) mass is 337 g/mol. The van der Waals surface area contributed by atoms with Gasteiger partial charge in [0.2, 0.25) is 0 Å². The van der Waals surface area contributed by atoms with Crippen LogP contribution in [0.25, 0.3) is 5.65 Å². The minimum absolute atomic E-state index is 0.0551. The SMILES string of the molecule is Cc1cc(C)cc(OCCN(C)Cc2cc(=O)n3ccccc3n2)c1. The van der Waals surface area contributed by atoms with Gasteiger partial charge in [-0.2, -0.15) is 0 Å². The van der Waals surface area contributed by atoms with E-state index in [0.29, 0.717) is 18.8 Å². The second-order valence-corrected chi connectivity index (χ2v) is 6.42. The molecule has 0 aliphatic rings. The van der Waals surface area contributed by atoms with Crippen molar-refractivity contribution in [3.8, 4) is 5.75 Å². The van der Waals surface area contributed by atoms with Gasteiger partial charge in [0, 0.05) is 25.4 Å². The number of fused-ring (bicyclic) bond motifs is 1. The summed E-state index contributed by atoms with van der Waals surface area (Å²) in [6, 6.07) is 13.3. The number of aromatic nitrogens is 2. The van der Waals surface area contributed by atoms with Crippen molar-refractivity contribution in [2.24, 2.45) is 0 Å². The van der Waals surface area contributed by atoms with E-state index in [1.165, 1.54) is 11.1 Å². The fourth-order valence-electron chi connectivity index (χ4n) is 2.88. The van der Waals surface area contributed by atoms with Gasteiger partial charge in [-0.15, -0.1) is 0 Å². The minimum Gasteiger partial charge on any atom is -0.492 e. The van der Waals surface area contributed by atoms with Crippen molar-refractivity contribution in [1.82, 2.24) is 14.3 Å². The Kier molecular flexibility index (Phi) is 5.14. The highest BCUT2D eigenvalue weighted by Crippen LogP contribution is 2.16. The topological polar surface area (TPSA) is 46.8 Å². The van der Waals surface area contributed by atoms with Crippen LogP contribution in [0.3, 0.4) is 0 Å². The van der Waals surface area contributed by atoms with E-state index >= 15 is 0 Å². The summed E-state index contributed by atoms with van der Waals surface area (Å²) < 4.78 is 7.39. The highest BCUT2D eigenvalue weighted by Gasteiger charge is 2.06. The molecule has 0 aliphatic carbocycles. The largest absolute Gasteiger partial charge is 0.492 e. The quantitative estimate of drug-likeness (QED) is 0.694. The van der Waals surface area contributed by atoms with Crippen LogP contribution in [0, 0.1) is 13.8 Å². The third-order valence-electron chi connectivity index (χ3n) is 3.99. The first kappa shape index (κ1) is 17.2. The molecule has 0 N–H and O–H groups in total. The van der Waals surface area contributed by atoms with Gasteiger partial charge >= 0.3 is 0 Å². The normalized spacial score (nSPS) is 11.2. The molecule has 5 heteroatoms. The molecular formula is C20H23N3O2. The van der Waals surface area contributed by atoms with Crippen molar-refractivity contribution in [2.75, 3.05) is 20.2 Å². The molecule has 0 atom stereocenters. The molecule has 0 radical (unpaired) electrons. The van der Waals surface area contributed by atoms with Crippen molar-refractivity contribution < 1.29 is 4.74 Å². The molecule has 0 bridgehead atoms. The summed E-state index contributed by atoms with van der Waals surface area (Å²) in [5.74, 6) is 0.896. The van der Waals surface area contributed by atoms with Crippen LogP contribution >= 0.6 is 0 Å². The Morgan fingerprint density at radius 1 is 1.12 bits per heavy atom. The number of aryl methyl sites for hydroxylation is 2. The van der Waals surface area contributed by atoms with Crippen LogP contribution < -0.4 is 10.3 Å². The van der Waals surface area contributed by atoms with Crippen molar-refractivity contribution in [2.45, 2.75) is 20.4 Å². The van der Waals surface area contributed by atoms with Crippen molar-refractivity contribution in [3.05, 3.63) is 75.8 Å². The van der Waals surface area contributed by atoms with Gasteiger partial charge < -0.3 is 4.74 Å². The lowest BCUT2D eigenvalue weighted by Crippen LogP contribution is -2.26. The number of likely N-dealkylation sites (N-methyl/N-ethyl adjacent to an activating group) is 1. The molecule has 3 rings (SSSR count). The lowest BCUT2D eigenvalue weighted by molar-refractivity contribution is 0.231. The molecule has 1 aromatic carbocycles. The van der Waals surface area contributed by atoms with E-state index in [2.05, 4.69) is 29.8 Å². The average Bonchev–Trinajstić information content (AvgIpc) is 2.54. The number of nitrogens with zero attached hydrogens (tertiary/aromatic N) is 3. The predicted octanol–water partition coefficient (Wildman–Crippen LogP) is 2.82. The summed E-state index contributed by atoms with van der Waals surface area (Å²) in [7, 11) is 2.00. The number of hydrogen-bond donors (Lipinski definition) is 0. The zero-order valence-electron chi connectivity index (χ0n) is 14.9. The molecule has 130 valence electrons. The second-order valence-electron chi connectivity index (χ2n) is 6.42. The second kappa shape index (κ2) is 7.49.